The summed E-state index contributed by atoms with van der Waals surface area (Å²) in [5.41, 5.74) is -0.299. The summed E-state index contributed by atoms with van der Waals surface area (Å²) >= 11 is 0. The third kappa shape index (κ3) is 7.88. The quantitative estimate of drug-likeness (QED) is 0.393. The van der Waals surface area contributed by atoms with Crippen molar-refractivity contribution in [1.29, 1.82) is 0 Å². The average molecular weight is 442 g/mol. The van der Waals surface area contributed by atoms with Gasteiger partial charge in [-0.25, -0.2) is 13.8 Å². The molecule has 0 bridgehead atoms. The molecule has 31 heavy (non-hydrogen) atoms. The molecule has 0 unspecified atom stereocenters. The highest BCUT2D eigenvalue weighted by atomic mass is 19.4. The molecule has 0 saturated heterocycles. The smallest absolute Gasteiger partial charge is 0.356 e. The minimum absolute atomic E-state index is 0.0796. The van der Waals surface area contributed by atoms with Gasteiger partial charge >= 0.3 is 6.18 Å². The second kappa shape index (κ2) is 10.7. The molecule has 2 aromatic rings. The Hall–Kier alpha value is -3.17. The van der Waals surface area contributed by atoms with E-state index >= 15 is 0 Å². The van der Waals surface area contributed by atoms with Crippen LogP contribution in [0.2, 0.25) is 0 Å². The molecule has 10 heteroatoms. The largest absolute Gasteiger partial charge is 0.416 e. The second-order valence-electron chi connectivity index (χ2n) is 6.92. The molecule has 0 aromatic heterocycles. The number of amides is 1. The first kappa shape index (κ1) is 24.1. The molecule has 0 fully saturated rings. The summed E-state index contributed by atoms with van der Waals surface area (Å²) < 4.78 is 65.7. The average Bonchev–Trinajstić information content (AvgIpc) is 2.71. The number of alkyl halides is 3. The van der Waals surface area contributed by atoms with Crippen LogP contribution in [0.3, 0.4) is 0 Å². The Morgan fingerprint density at radius 3 is 2.48 bits per heavy atom. The van der Waals surface area contributed by atoms with Gasteiger partial charge in [0.05, 0.1) is 18.7 Å². The normalized spacial score (nSPS) is 11.9. The summed E-state index contributed by atoms with van der Waals surface area (Å²) in [6, 6.07) is 7.88. The van der Waals surface area contributed by atoms with Crippen LogP contribution in [0.5, 0.6) is 0 Å². The van der Waals surface area contributed by atoms with Crippen LogP contribution in [-0.4, -0.2) is 44.0 Å². The molecule has 5 nitrogen and oxygen atoms in total. The van der Waals surface area contributed by atoms with E-state index in [1.165, 1.54) is 17.0 Å². The number of nitrogens with one attached hydrogen (secondary N) is 2. The van der Waals surface area contributed by atoms with E-state index in [2.05, 4.69) is 15.6 Å². The van der Waals surface area contributed by atoms with Gasteiger partial charge in [0.2, 0.25) is 5.91 Å². The number of carbonyl (C=O) groups excluding carboxylic acids is 1. The van der Waals surface area contributed by atoms with Crippen molar-refractivity contribution >= 4 is 11.9 Å². The number of rotatable bonds is 7. The molecule has 2 rings (SSSR count). The van der Waals surface area contributed by atoms with Gasteiger partial charge < -0.3 is 15.5 Å². The number of benzene rings is 2. The van der Waals surface area contributed by atoms with Crippen LogP contribution in [0.1, 0.15) is 16.7 Å². The van der Waals surface area contributed by atoms with Gasteiger partial charge in [0, 0.05) is 20.6 Å². The number of carbonyl (C=O) groups is 1. The molecule has 2 N–H and O–H groups in total. The lowest BCUT2D eigenvalue weighted by molar-refractivity contribution is -0.137. The van der Waals surface area contributed by atoms with Crippen LogP contribution in [-0.2, 0) is 23.9 Å². The Labute approximate surface area is 177 Å². The highest BCUT2D eigenvalue weighted by molar-refractivity contribution is 5.86. The highest BCUT2D eigenvalue weighted by Gasteiger charge is 2.30. The molecule has 0 atom stereocenters. The Morgan fingerprint density at radius 1 is 1.06 bits per heavy atom. The standard InChI is InChI=1S/C21H23F5N4O/c1-30(2)19(31)13-29-20(27-9-8-15-11-17(22)6-7-18(15)23)28-12-14-4-3-5-16(10-14)21(24,25)26/h3-7,10-11H,8-9,12-13H2,1-2H3,(H2,27,28,29). The molecule has 2 aromatic carbocycles. The number of halogens is 5. The minimum Gasteiger partial charge on any atom is -0.356 e. The number of guanidine groups is 1. The fourth-order valence-corrected chi connectivity index (χ4v) is 2.56. The summed E-state index contributed by atoms with van der Waals surface area (Å²) in [6.07, 6.45) is -4.33. The molecular weight excluding hydrogens is 419 g/mol. The topological polar surface area (TPSA) is 56.7 Å². The van der Waals surface area contributed by atoms with Crippen molar-refractivity contribution in [3.8, 4) is 0 Å². The van der Waals surface area contributed by atoms with Crippen LogP contribution in [0.4, 0.5) is 22.0 Å². The maximum Gasteiger partial charge on any atom is 0.416 e. The van der Waals surface area contributed by atoms with E-state index < -0.39 is 23.4 Å². The van der Waals surface area contributed by atoms with Crippen LogP contribution in [0, 0.1) is 11.6 Å². The van der Waals surface area contributed by atoms with E-state index in [-0.39, 0.29) is 43.5 Å². The van der Waals surface area contributed by atoms with Crippen molar-refractivity contribution in [2.24, 2.45) is 4.99 Å². The zero-order chi connectivity index (χ0) is 23.0. The van der Waals surface area contributed by atoms with Crippen molar-refractivity contribution in [1.82, 2.24) is 15.5 Å². The molecular formula is C21H23F5N4O. The van der Waals surface area contributed by atoms with Gasteiger partial charge in [-0.1, -0.05) is 12.1 Å². The van der Waals surface area contributed by atoms with E-state index in [0.29, 0.717) is 5.56 Å². The van der Waals surface area contributed by atoms with Gasteiger partial charge in [0.15, 0.2) is 5.96 Å². The predicted molar refractivity (Wildman–Crippen MR) is 107 cm³/mol. The van der Waals surface area contributed by atoms with Crippen LogP contribution in [0.15, 0.2) is 47.5 Å². The van der Waals surface area contributed by atoms with Crippen molar-refractivity contribution in [2.45, 2.75) is 19.1 Å². The van der Waals surface area contributed by atoms with Crippen LogP contribution < -0.4 is 10.6 Å². The molecule has 0 saturated carbocycles. The fraction of sp³-hybridized carbons (Fsp3) is 0.333. The first-order chi connectivity index (χ1) is 14.6. The lowest BCUT2D eigenvalue weighted by Crippen LogP contribution is -2.43. The summed E-state index contributed by atoms with van der Waals surface area (Å²) in [4.78, 5) is 17.4. The predicted octanol–water partition coefficient (Wildman–Crippen LogP) is 3.35. The van der Waals surface area contributed by atoms with Gasteiger partial charge in [-0.15, -0.1) is 0 Å². The second-order valence-corrected chi connectivity index (χ2v) is 6.92. The van der Waals surface area contributed by atoms with Gasteiger partial charge in [0.1, 0.15) is 11.6 Å². The number of likely N-dealkylation sites (N-methyl/N-ethyl adjacent to an activating group) is 1. The zero-order valence-corrected chi connectivity index (χ0v) is 17.1. The molecule has 0 aliphatic heterocycles. The molecule has 0 radical (unpaired) electrons. The van der Waals surface area contributed by atoms with Crippen molar-refractivity contribution in [3.63, 3.8) is 0 Å². The Balaban J connectivity index is 2.08. The third-order valence-corrected chi connectivity index (χ3v) is 4.27. The minimum atomic E-state index is -4.47. The fourth-order valence-electron chi connectivity index (χ4n) is 2.56. The highest BCUT2D eigenvalue weighted by Crippen LogP contribution is 2.29. The lowest BCUT2D eigenvalue weighted by Gasteiger charge is -2.15. The van der Waals surface area contributed by atoms with E-state index in [1.807, 2.05) is 0 Å². The van der Waals surface area contributed by atoms with E-state index in [0.717, 1.165) is 30.3 Å². The Morgan fingerprint density at radius 2 is 1.81 bits per heavy atom. The number of aliphatic imine (C=N–C) groups is 1. The molecule has 0 heterocycles. The van der Waals surface area contributed by atoms with Gasteiger partial charge in [-0.3, -0.25) is 4.79 Å². The lowest BCUT2D eigenvalue weighted by atomic mass is 10.1. The summed E-state index contributed by atoms with van der Waals surface area (Å²) in [5.74, 6) is -1.21. The molecule has 0 aliphatic carbocycles. The third-order valence-electron chi connectivity index (χ3n) is 4.27. The molecule has 0 aliphatic rings. The zero-order valence-electron chi connectivity index (χ0n) is 17.1. The van der Waals surface area contributed by atoms with Gasteiger partial charge in [0.25, 0.3) is 0 Å². The monoisotopic (exact) mass is 442 g/mol. The molecule has 1 amide bonds. The molecule has 0 spiro atoms. The first-order valence-electron chi connectivity index (χ1n) is 9.38. The van der Waals surface area contributed by atoms with Crippen LogP contribution in [0.25, 0.3) is 0 Å². The summed E-state index contributed by atoms with van der Waals surface area (Å²) in [5, 5.41) is 5.67. The van der Waals surface area contributed by atoms with E-state index in [1.54, 1.807) is 14.1 Å². The number of nitrogens with zero attached hydrogens (tertiary/aromatic N) is 2. The van der Waals surface area contributed by atoms with E-state index in [9.17, 15) is 26.7 Å². The maximum absolute atomic E-state index is 13.8. The van der Waals surface area contributed by atoms with Gasteiger partial charge in [-0.2, -0.15) is 13.2 Å². The van der Waals surface area contributed by atoms with Crippen molar-refractivity contribution in [3.05, 3.63) is 70.8 Å². The summed E-state index contributed by atoms with van der Waals surface area (Å²) in [7, 11) is 3.15. The SMILES string of the molecule is CN(C)C(=O)CNC(=NCc1cccc(C(F)(F)F)c1)NCCc1cc(F)ccc1F. The van der Waals surface area contributed by atoms with Crippen molar-refractivity contribution < 1.29 is 26.7 Å². The maximum atomic E-state index is 13.8. The summed E-state index contributed by atoms with van der Waals surface area (Å²) in [6.45, 7) is -0.0234. The van der Waals surface area contributed by atoms with Gasteiger partial charge in [-0.05, 0) is 47.9 Å². The van der Waals surface area contributed by atoms with Crippen LogP contribution >= 0.6 is 0 Å². The van der Waals surface area contributed by atoms with E-state index in [4.69, 9.17) is 0 Å². The number of hydrogen-bond acceptors (Lipinski definition) is 2. The number of hydrogen-bond donors (Lipinski definition) is 2. The molecule has 168 valence electrons. The Bertz CT molecular complexity index is 928. The van der Waals surface area contributed by atoms with Crippen molar-refractivity contribution in [2.75, 3.05) is 27.2 Å². The Kier molecular flexibility index (Phi) is 8.35. The first-order valence-corrected chi connectivity index (χ1v) is 9.38.